The number of ether oxygens (including phenoxy) is 2. The van der Waals surface area contributed by atoms with Gasteiger partial charge < -0.3 is 25.0 Å². The summed E-state index contributed by atoms with van der Waals surface area (Å²) in [6.45, 7) is 6.70. The predicted octanol–water partition coefficient (Wildman–Crippen LogP) is 3.74. The molecule has 0 unspecified atom stereocenters. The van der Waals surface area contributed by atoms with Crippen molar-refractivity contribution in [2.24, 2.45) is 4.99 Å². The van der Waals surface area contributed by atoms with Crippen LogP contribution < -0.4 is 20.1 Å². The summed E-state index contributed by atoms with van der Waals surface area (Å²) in [4.78, 5) is 20.4. The molecule has 164 valence electrons. The fourth-order valence-electron chi connectivity index (χ4n) is 3.17. The molecule has 0 spiro atoms. The number of amides is 1. The molecule has 0 aliphatic carbocycles. The van der Waals surface area contributed by atoms with E-state index in [2.05, 4.69) is 27.1 Å². The largest absolute Gasteiger partial charge is 0.493 e. The van der Waals surface area contributed by atoms with E-state index in [1.54, 1.807) is 18.4 Å². The van der Waals surface area contributed by atoms with Crippen LogP contribution in [0, 0.1) is 0 Å². The Hall–Kier alpha value is -2.01. The van der Waals surface area contributed by atoms with Crippen molar-refractivity contribution in [3.05, 3.63) is 40.1 Å². The first-order valence-corrected chi connectivity index (χ1v) is 10.7. The minimum atomic E-state index is 0. The Labute approximate surface area is 198 Å². The zero-order valence-corrected chi connectivity index (χ0v) is 20.7. The van der Waals surface area contributed by atoms with Crippen LogP contribution in [0.1, 0.15) is 24.3 Å². The number of anilines is 1. The molecule has 30 heavy (non-hydrogen) atoms. The second kappa shape index (κ2) is 12.0. The number of aliphatic imine (C=N–C) groups is 1. The summed E-state index contributed by atoms with van der Waals surface area (Å²) < 4.78 is 10.9. The molecule has 1 aliphatic rings. The van der Waals surface area contributed by atoms with E-state index in [1.165, 1.54) is 10.4 Å². The van der Waals surface area contributed by atoms with Crippen LogP contribution in [-0.4, -0.2) is 50.1 Å². The summed E-state index contributed by atoms with van der Waals surface area (Å²) in [7, 11) is 1.61. The Kier molecular flexibility index (Phi) is 9.70. The van der Waals surface area contributed by atoms with Gasteiger partial charge >= 0.3 is 0 Å². The molecule has 0 radical (unpaired) electrons. The minimum Gasteiger partial charge on any atom is -0.493 e. The molecule has 2 heterocycles. The van der Waals surface area contributed by atoms with Crippen molar-refractivity contribution in [2.45, 2.75) is 26.8 Å². The third kappa shape index (κ3) is 6.24. The fourth-order valence-corrected chi connectivity index (χ4v) is 4.06. The van der Waals surface area contributed by atoms with Crippen molar-refractivity contribution in [3.8, 4) is 11.5 Å². The van der Waals surface area contributed by atoms with Crippen molar-refractivity contribution >= 4 is 52.9 Å². The van der Waals surface area contributed by atoms with E-state index >= 15 is 0 Å². The number of halogens is 1. The Morgan fingerprint density at radius 1 is 1.27 bits per heavy atom. The first kappa shape index (κ1) is 24.3. The van der Waals surface area contributed by atoms with Gasteiger partial charge in [0.25, 0.3) is 0 Å². The molecule has 0 fully saturated rings. The molecular formula is C21H29IN4O3S. The van der Waals surface area contributed by atoms with Crippen LogP contribution in [0.3, 0.4) is 0 Å². The van der Waals surface area contributed by atoms with Crippen molar-refractivity contribution in [1.82, 2.24) is 10.2 Å². The summed E-state index contributed by atoms with van der Waals surface area (Å²) in [5, 5.41) is 8.50. The molecule has 1 amide bonds. The monoisotopic (exact) mass is 544 g/mol. The lowest BCUT2D eigenvalue weighted by Gasteiger charge is -2.26. The van der Waals surface area contributed by atoms with Crippen molar-refractivity contribution in [2.75, 3.05) is 38.7 Å². The lowest BCUT2D eigenvalue weighted by molar-refractivity contribution is -0.130. The molecule has 2 aromatic rings. The molecule has 0 atom stereocenters. The minimum absolute atomic E-state index is 0. The number of fused-ring (bicyclic) bond motifs is 1. The van der Waals surface area contributed by atoms with Gasteiger partial charge in [0.1, 0.15) is 6.54 Å². The average molecular weight is 544 g/mol. The molecule has 9 heteroatoms. The summed E-state index contributed by atoms with van der Waals surface area (Å²) in [5.74, 6) is 1.92. The van der Waals surface area contributed by atoms with Gasteiger partial charge in [-0.15, -0.1) is 35.3 Å². The van der Waals surface area contributed by atoms with Crippen LogP contribution >= 0.6 is 35.3 Å². The lowest BCUT2D eigenvalue weighted by Crippen LogP contribution is -2.38. The van der Waals surface area contributed by atoms with Gasteiger partial charge in [-0.2, -0.15) is 0 Å². The Morgan fingerprint density at radius 3 is 2.83 bits per heavy atom. The highest BCUT2D eigenvalue weighted by Gasteiger charge is 2.21. The Morgan fingerprint density at radius 2 is 2.10 bits per heavy atom. The topological polar surface area (TPSA) is 75.2 Å². The zero-order chi connectivity index (χ0) is 20.6. The van der Waals surface area contributed by atoms with Crippen LogP contribution in [0.5, 0.6) is 11.5 Å². The SMILES string of the molecule is CCNC(=NCC(=O)N1CCc2sccc2C1)Nc1ccc(OCC)c(OC)c1.I. The molecule has 1 aromatic carbocycles. The number of rotatable bonds is 7. The number of thiophene rings is 1. The molecule has 2 N–H and O–H groups in total. The molecule has 1 aliphatic heterocycles. The Balaban J connectivity index is 0.00000320. The first-order valence-electron chi connectivity index (χ1n) is 9.83. The van der Waals surface area contributed by atoms with Gasteiger partial charge in [0, 0.05) is 36.3 Å². The fraction of sp³-hybridized carbons (Fsp3) is 0.429. The van der Waals surface area contributed by atoms with E-state index in [9.17, 15) is 4.79 Å². The van der Waals surface area contributed by atoms with Crippen LogP contribution in [0.25, 0.3) is 0 Å². The molecule has 0 saturated carbocycles. The van der Waals surface area contributed by atoms with E-state index < -0.39 is 0 Å². The van der Waals surface area contributed by atoms with Crippen LogP contribution in [-0.2, 0) is 17.8 Å². The number of benzene rings is 1. The maximum absolute atomic E-state index is 12.6. The second-order valence-corrected chi connectivity index (χ2v) is 7.55. The molecule has 0 saturated heterocycles. The van der Waals surface area contributed by atoms with Crippen LogP contribution in [0.4, 0.5) is 5.69 Å². The second-order valence-electron chi connectivity index (χ2n) is 6.55. The van der Waals surface area contributed by atoms with E-state index in [1.807, 2.05) is 36.9 Å². The number of hydrogen-bond acceptors (Lipinski definition) is 5. The van der Waals surface area contributed by atoms with E-state index in [0.717, 1.165) is 18.7 Å². The third-order valence-corrected chi connectivity index (χ3v) is 5.63. The zero-order valence-electron chi connectivity index (χ0n) is 17.6. The number of methoxy groups -OCH3 is 1. The van der Waals surface area contributed by atoms with Crippen LogP contribution in [0.2, 0.25) is 0 Å². The van der Waals surface area contributed by atoms with Crippen LogP contribution in [0.15, 0.2) is 34.6 Å². The van der Waals surface area contributed by atoms with Gasteiger partial charge in [-0.3, -0.25) is 4.79 Å². The number of nitrogens with zero attached hydrogens (tertiary/aromatic N) is 2. The maximum Gasteiger partial charge on any atom is 0.244 e. The standard InChI is InChI=1S/C21H28N4O3S.HI/c1-4-22-21(24-16-6-7-17(28-5-2)18(12-16)27-3)23-13-20(26)25-10-8-19-15(14-25)9-11-29-19;/h6-7,9,11-12H,4-5,8,10,13-14H2,1-3H3,(H2,22,23,24);1H. The number of carbonyl (C=O) groups excluding carboxylic acids is 1. The van der Waals surface area contributed by atoms with E-state index in [-0.39, 0.29) is 36.4 Å². The Bertz CT molecular complexity index is 872. The summed E-state index contributed by atoms with van der Waals surface area (Å²) in [6.07, 6.45) is 0.923. The highest BCUT2D eigenvalue weighted by molar-refractivity contribution is 14.0. The predicted molar refractivity (Wildman–Crippen MR) is 133 cm³/mol. The molecular weight excluding hydrogens is 515 g/mol. The van der Waals surface area contributed by atoms with Crippen molar-refractivity contribution < 1.29 is 14.3 Å². The van der Waals surface area contributed by atoms with E-state index in [0.29, 0.717) is 37.2 Å². The highest BCUT2D eigenvalue weighted by atomic mass is 127. The van der Waals surface area contributed by atoms with E-state index in [4.69, 9.17) is 9.47 Å². The van der Waals surface area contributed by atoms with Gasteiger partial charge in [0.15, 0.2) is 17.5 Å². The average Bonchev–Trinajstić information content (AvgIpc) is 3.21. The molecule has 0 bridgehead atoms. The van der Waals surface area contributed by atoms with Crippen molar-refractivity contribution in [1.29, 1.82) is 0 Å². The maximum atomic E-state index is 12.6. The summed E-state index contributed by atoms with van der Waals surface area (Å²) >= 11 is 1.77. The molecule has 7 nitrogen and oxygen atoms in total. The smallest absolute Gasteiger partial charge is 0.244 e. The van der Waals surface area contributed by atoms with Gasteiger partial charge in [0.05, 0.1) is 13.7 Å². The number of nitrogens with one attached hydrogen (secondary N) is 2. The molecule has 1 aromatic heterocycles. The molecule has 3 rings (SSSR count). The van der Waals surface area contributed by atoms with Crippen molar-refractivity contribution in [3.63, 3.8) is 0 Å². The lowest BCUT2D eigenvalue weighted by atomic mass is 10.1. The van der Waals surface area contributed by atoms with Gasteiger partial charge in [-0.25, -0.2) is 4.99 Å². The van der Waals surface area contributed by atoms with Gasteiger partial charge in [0.2, 0.25) is 5.91 Å². The number of hydrogen-bond donors (Lipinski definition) is 2. The number of carbonyl (C=O) groups is 1. The van der Waals surface area contributed by atoms with Gasteiger partial charge in [-0.1, -0.05) is 0 Å². The number of guanidine groups is 1. The highest BCUT2D eigenvalue weighted by Crippen LogP contribution is 2.30. The third-order valence-electron chi connectivity index (χ3n) is 4.60. The summed E-state index contributed by atoms with van der Waals surface area (Å²) in [5.41, 5.74) is 2.06. The first-order chi connectivity index (χ1) is 14.1. The van der Waals surface area contributed by atoms with Gasteiger partial charge in [-0.05, 0) is 49.4 Å². The quantitative estimate of drug-likeness (QED) is 0.316. The summed E-state index contributed by atoms with van der Waals surface area (Å²) in [6, 6.07) is 7.70. The normalized spacial score (nSPS) is 13.2.